The maximum absolute atomic E-state index is 3.77. The zero-order valence-electron chi connectivity index (χ0n) is 12.0. The van der Waals surface area contributed by atoms with Crippen molar-refractivity contribution in [1.82, 2.24) is 10.2 Å². The minimum atomic E-state index is 0.464. The first-order valence-electron chi connectivity index (χ1n) is 7.43. The van der Waals surface area contributed by atoms with Crippen LogP contribution in [0.25, 0.3) is 0 Å². The Morgan fingerprint density at radius 1 is 1.21 bits per heavy atom. The van der Waals surface area contributed by atoms with Crippen LogP contribution in [0.1, 0.15) is 44.7 Å². The molecule has 1 aliphatic rings. The Bertz CT molecular complexity index is 371. The lowest BCUT2D eigenvalue weighted by molar-refractivity contribution is 0.284. The molecule has 3 heteroatoms. The topological polar surface area (TPSA) is 15.3 Å². The molecular weight excluding hydrogens is 300 g/mol. The molecule has 1 aromatic carbocycles. The molecule has 2 rings (SSSR count). The van der Waals surface area contributed by atoms with Crippen LogP contribution in [0.15, 0.2) is 28.7 Å². The van der Waals surface area contributed by atoms with Crippen LogP contribution >= 0.6 is 15.9 Å². The molecule has 1 N–H and O–H groups in total. The number of nitrogens with one attached hydrogen (secondary N) is 1. The van der Waals surface area contributed by atoms with E-state index in [0.717, 1.165) is 10.9 Å². The van der Waals surface area contributed by atoms with Crippen LogP contribution in [0.4, 0.5) is 0 Å². The molecule has 106 valence electrons. The van der Waals surface area contributed by atoms with E-state index in [9.17, 15) is 0 Å². The second-order valence-corrected chi connectivity index (χ2v) is 6.50. The number of halogens is 1. The third-order valence-electron chi connectivity index (χ3n) is 3.90. The van der Waals surface area contributed by atoms with Crippen molar-refractivity contribution < 1.29 is 0 Å². The highest BCUT2D eigenvalue weighted by Gasteiger charge is 2.17. The molecule has 0 aromatic heterocycles. The number of hydrogen-bond acceptors (Lipinski definition) is 2. The van der Waals surface area contributed by atoms with Crippen molar-refractivity contribution in [2.24, 2.45) is 0 Å². The summed E-state index contributed by atoms with van der Waals surface area (Å²) in [5, 5.41) is 3.77. The van der Waals surface area contributed by atoms with Crippen molar-refractivity contribution in [1.29, 1.82) is 0 Å². The summed E-state index contributed by atoms with van der Waals surface area (Å²) in [6, 6.07) is 9.70. The van der Waals surface area contributed by atoms with Crippen molar-refractivity contribution in [2.75, 3.05) is 19.6 Å². The van der Waals surface area contributed by atoms with Crippen LogP contribution in [0, 0.1) is 0 Å². The maximum Gasteiger partial charge on any atom is 0.0320 e. The van der Waals surface area contributed by atoms with E-state index >= 15 is 0 Å². The molecule has 2 atom stereocenters. The Morgan fingerprint density at radius 2 is 1.84 bits per heavy atom. The van der Waals surface area contributed by atoms with Gasteiger partial charge >= 0.3 is 0 Å². The van der Waals surface area contributed by atoms with Gasteiger partial charge in [0.15, 0.2) is 0 Å². The van der Waals surface area contributed by atoms with Gasteiger partial charge in [0.05, 0.1) is 0 Å². The molecule has 1 saturated heterocycles. The van der Waals surface area contributed by atoms with Gasteiger partial charge in [-0.15, -0.1) is 0 Å². The Balaban J connectivity index is 1.88. The van der Waals surface area contributed by atoms with Gasteiger partial charge in [0.1, 0.15) is 0 Å². The standard InChI is InChI=1S/C16H25BrN2/c1-3-16(14-6-8-15(17)9-7-14)18-13(2)12-19-10-4-5-11-19/h6-9,13,16,18H,3-5,10-12H2,1-2H3. The summed E-state index contributed by atoms with van der Waals surface area (Å²) in [7, 11) is 0. The number of likely N-dealkylation sites (tertiary alicyclic amines) is 1. The molecule has 0 bridgehead atoms. The predicted octanol–water partition coefficient (Wildman–Crippen LogP) is 3.97. The van der Waals surface area contributed by atoms with E-state index in [1.807, 2.05) is 0 Å². The minimum Gasteiger partial charge on any atom is -0.306 e. The normalized spacial score (nSPS) is 19.5. The molecule has 1 heterocycles. The predicted molar refractivity (Wildman–Crippen MR) is 85.4 cm³/mol. The lowest BCUT2D eigenvalue weighted by Crippen LogP contribution is -2.39. The molecule has 1 fully saturated rings. The van der Waals surface area contributed by atoms with Gasteiger partial charge in [-0.2, -0.15) is 0 Å². The fourth-order valence-corrected chi connectivity index (χ4v) is 3.16. The second kappa shape index (κ2) is 7.41. The van der Waals surface area contributed by atoms with Crippen LogP contribution in [0.3, 0.4) is 0 Å². The lowest BCUT2D eigenvalue weighted by atomic mass is 10.0. The van der Waals surface area contributed by atoms with Gasteiger partial charge in [0.25, 0.3) is 0 Å². The zero-order valence-corrected chi connectivity index (χ0v) is 13.6. The summed E-state index contributed by atoms with van der Waals surface area (Å²) >= 11 is 3.50. The molecule has 2 nitrogen and oxygen atoms in total. The van der Waals surface area contributed by atoms with Crippen LogP contribution < -0.4 is 5.32 Å². The number of rotatable bonds is 6. The first-order chi connectivity index (χ1) is 9.19. The van der Waals surface area contributed by atoms with E-state index in [1.54, 1.807) is 0 Å². The Hall–Kier alpha value is -0.380. The molecular formula is C16H25BrN2. The van der Waals surface area contributed by atoms with Crippen LogP contribution in [-0.4, -0.2) is 30.6 Å². The summed E-state index contributed by atoms with van der Waals surface area (Å²) in [6.07, 6.45) is 3.87. The molecule has 19 heavy (non-hydrogen) atoms. The lowest BCUT2D eigenvalue weighted by Gasteiger charge is -2.26. The Labute approximate surface area is 125 Å². The van der Waals surface area contributed by atoms with Gasteiger partial charge < -0.3 is 10.2 Å². The fourth-order valence-electron chi connectivity index (χ4n) is 2.89. The number of hydrogen-bond donors (Lipinski definition) is 1. The SMILES string of the molecule is CCC(NC(C)CN1CCCC1)c1ccc(Br)cc1. The summed E-state index contributed by atoms with van der Waals surface area (Å²) in [4.78, 5) is 2.58. The molecule has 0 amide bonds. The zero-order chi connectivity index (χ0) is 13.7. The molecule has 1 aliphatic heterocycles. The largest absolute Gasteiger partial charge is 0.306 e. The molecule has 2 unspecified atom stereocenters. The van der Waals surface area contributed by atoms with Crippen LogP contribution in [-0.2, 0) is 0 Å². The smallest absolute Gasteiger partial charge is 0.0320 e. The quantitative estimate of drug-likeness (QED) is 0.851. The maximum atomic E-state index is 3.77. The van der Waals surface area contributed by atoms with E-state index in [2.05, 4.69) is 64.3 Å². The highest BCUT2D eigenvalue weighted by atomic mass is 79.9. The monoisotopic (exact) mass is 324 g/mol. The van der Waals surface area contributed by atoms with Gasteiger partial charge in [-0.1, -0.05) is 35.0 Å². The first-order valence-corrected chi connectivity index (χ1v) is 8.22. The third kappa shape index (κ3) is 4.59. The molecule has 0 aliphatic carbocycles. The van der Waals surface area contributed by atoms with Crippen molar-refractivity contribution in [3.63, 3.8) is 0 Å². The first kappa shape index (κ1) is 15.0. The van der Waals surface area contributed by atoms with Crippen molar-refractivity contribution in [2.45, 2.75) is 45.2 Å². The van der Waals surface area contributed by atoms with E-state index in [0.29, 0.717) is 12.1 Å². The van der Waals surface area contributed by atoms with Gasteiger partial charge in [0, 0.05) is 23.1 Å². The molecule has 0 radical (unpaired) electrons. The number of benzene rings is 1. The van der Waals surface area contributed by atoms with E-state index in [1.165, 1.54) is 38.0 Å². The fraction of sp³-hybridized carbons (Fsp3) is 0.625. The van der Waals surface area contributed by atoms with Crippen LogP contribution in [0.2, 0.25) is 0 Å². The Morgan fingerprint density at radius 3 is 2.42 bits per heavy atom. The summed E-state index contributed by atoms with van der Waals surface area (Å²) < 4.78 is 1.15. The second-order valence-electron chi connectivity index (χ2n) is 5.59. The average Bonchev–Trinajstić information content (AvgIpc) is 2.90. The summed E-state index contributed by atoms with van der Waals surface area (Å²) in [5.41, 5.74) is 1.39. The van der Waals surface area contributed by atoms with Gasteiger partial charge in [-0.25, -0.2) is 0 Å². The van der Waals surface area contributed by atoms with E-state index in [-0.39, 0.29) is 0 Å². The minimum absolute atomic E-state index is 0.464. The van der Waals surface area contributed by atoms with Gasteiger partial charge in [0.2, 0.25) is 0 Å². The molecule has 0 saturated carbocycles. The van der Waals surface area contributed by atoms with Crippen molar-refractivity contribution >= 4 is 15.9 Å². The van der Waals surface area contributed by atoms with Crippen LogP contribution in [0.5, 0.6) is 0 Å². The van der Waals surface area contributed by atoms with Crippen molar-refractivity contribution in [3.8, 4) is 0 Å². The summed E-state index contributed by atoms with van der Waals surface area (Å²) in [6.45, 7) is 8.29. The number of nitrogens with zero attached hydrogens (tertiary/aromatic N) is 1. The molecule has 1 aromatic rings. The highest BCUT2D eigenvalue weighted by Crippen LogP contribution is 2.20. The van der Waals surface area contributed by atoms with Gasteiger partial charge in [-0.05, 0) is 57.0 Å². The Kier molecular flexibility index (Phi) is 5.86. The average molecular weight is 325 g/mol. The van der Waals surface area contributed by atoms with Crippen molar-refractivity contribution in [3.05, 3.63) is 34.3 Å². The highest BCUT2D eigenvalue weighted by molar-refractivity contribution is 9.10. The van der Waals surface area contributed by atoms with Gasteiger partial charge in [-0.3, -0.25) is 0 Å². The molecule has 0 spiro atoms. The third-order valence-corrected chi connectivity index (χ3v) is 4.43. The summed E-state index contributed by atoms with van der Waals surface area (Å²) in [5.74, 6) is 0. The van der Waals surface area contributed by atoms with E-state index < -0.39 is 0 Å². The van der Waals surface area contributed by atoms with E-state index in [4.69, 9.17) is 0 Å².